The topological polar surface area (TPSA) is 68.9 Å². The smallest absolute Gasteiger partial charge is 0.267 e. The van der Waals surface area contributed by atoms with Crippen molar-refractivity contribution in [3.05, 3.63) is 40.2 Å². The van der Waals surface area contributed by atoms with E-state index in [1.165, 1.54) is 25.7 Å². The molecule has 0 atom stereocenters. The van der Waals surface area contributed by atoms with Gasteiger partial charge in [-0.1, -0.05) is 51.2 Å². The Morgan fingerprint density at radius 3 is 2.48 bits per heavy atom. The molecule has 0 saturated heterocycles. The van der Waals surface area contributed by atoms with Gasteiger partial charge in [0.25, 0.3) is 5.56 Å². The molecule has 0 spiro atoms. The maximum Gasteiger partial charge on any atom is 0.267 e. The molecule has 1 aromatic heterocycles. The summed E-state index contributed by atoms with van der Waals surface area (Å²) in [4.78, 5) is 11.9. The largest absolute Gasteiger partial charge is 0.507 e. The van der Waals surface area contributed by atoms with Gasteiger partial charge in [0.1, 0.15) is 5.75 Å². The van der Waals surface area contributed by atoms with Gasteiger partial charge in [-0.05, 0) is 25.0 Å². The van der Waals surface area contributed by atoms with Crippen LogP contribution in [0.5, 0.6) is 5.75 Å². The third-order valence-corrected chi connectivity index (χ3v) is 3.83. The van der Waals surface area contributed by atoms with Crippen molar-refractivity contribution in [2.24, 2.45) is 0 Å². The molecule has 1 heterocycles. The number of nitrogens with one attached hydrogen (secondary N) is 2. The van der Waals surface area contributed by atoms with Crippen molar-refractivity contribution in [3.63, 3.8) is 0 Å². The summed E-state index contributed by atoms with van der Waals surface area (Å²) in [6.07, 6.45) is 7.92. The van der Waals surface area contributed by atoms with Crippen molar-refractivity contribution in [3.8, 4) is 17.0 Å². The summed E-state index contributed by atoms with van der Waals surface area (Å²) in [6, 6.07) is 7.08. The number of para-hydroxylation sites is 1. The molecule has 114 valence electrons. The third kappa shape index (κ3) is 4.00. The first-order valence-electron chi connectivity index (χ1n) is 7.82. The lowest BCUT2D eigenvalue weighted by molar-refractivity contribution is 0.477. The highest BCUT2D eigenvalue weighted by molar-refractivity contribution is 5.69. The van der Waals surface area contributed by atoms with Crippen LogP contribution in [0.25, 0.3) is 11.3 Å². The molecular weight excluding hydrogens is 264 g/mol. The Bertz CT molecular complexity index is 613. The first-order valence-corrected chi connectivity index (χ1v) is 7.82. The first kappa shape index (κ1) is 15.4. The van der Waals surface area contributed by atoms with Crippen molar-refractivity contribution < 1.29 is 5.11 Å². The van der Waals surface area contributed by atoms with E-state index in [0.717, 1.165) is 24.8 Å². The standard InChI is InChI=1S/C17H24N2O2/c1-2-3-4-5-6-7-11-14-16(18-19-17(14)21)13-10-8-9-12-15(13)20/h8-10,12,20H,2-7,11H2,1H3,(H2,18,19,21). The number of aromatic hydroxyl groups is 1. The van der Waals surface area contributed by atoms with E-state index in [9.17, 15) is 9.90 Å². The van der Waals surface area contributed by atoms with Crippen LogP contribution in [0.1, 0.15) is 51.0 Å². The highest BCUT2D eigenvalue weighted by Crippen LogP contribution is 2.28. The molecule has 3 N–H and O–H groups in total. The Labute approximate surface area is 125 Å². The van der Waals surface area contributed by atoms with Crippen molar-refractivity contribution in [1.82, 2.24) is 10.2 Å². The molecule has 4 nitrogen and oxygen atoms in total. The molecule has 2 aromatic rings. The molecule has 0 saturated carbocycles. The monoisotopic (exact) mass is 288 g/mol. The Morgan fingerprint density at radius 1 is 1.00 bits per heavy atom. The lowest BCUT2D eigenvalue weighted by Gasteiger charge is -2.05. The Morgan fingerprint density at radius 2 is 1.71 bits per heavy atom. The SMILES string of the molecule is CCCCCCCCc1c(-c2ccccc2O)[nH][nH]c1=O. The number of benzene rings is 1. The maximum absolute atomic E-state index is 11.9. The molecule has 1 aromatic carbocycles. The molecule has 0 aliphatic heterocycles. The molecular formula is C17H24N2O2. The van der Waals surface area contributed by atoms with E-state index >= 15 is 0 Å². The van der Waals surface area contributed by atoms with Gasteiger partial charge >= 0.3 is 0 Å². The first-order chi connectivity index (χ1) is 10.2. The zero-order chi connectivity index (χ0) is 15.1. The normalized spacial score (nSPS) is 10.9. The van der Waals surface area contributed by atoms with Crippen LogP contribution in [0.2, 0.25) is 0 Å². The second-order valence-corrected chi connectivity index (χ2v) is 5.47. The third-order valence-electron chi connectivity index (χ3n) is 3.83. The van der Waals surface area contributed by atoms with Crippen LogP contribution < -0.4 is 5.56 Å². The second-order valence-electron chi connectivity index (χ2n) is 5.47. The van der Waals surface area contributed by atoms with Crippen LogP contribution in [-0.4, -0.2) is 15.3 Å². The fourth-order valence-corrected chi connectivity index (χ4v) is 2.62. The molecule has 0 aliphatic rings. The molecule has 2 rings (SSSR count). The van der Waals surface area contributed by atoms with Crippen LogP contribution in [0.3, 0.4) is 0 Å². The van der Waals surface area contributed by atoms with Gasteiger partial charge in [-0.15, -0.1) is 0 Å². The highest BCUT2D eigenvalue weighted by atomic mass is 16.3. The molecule has 0 amide bonds. The number of aromatic nitrogens is 2. The number of rotatable bonds is 8. The van der Waals surface area contributed by atoms with Crippen LogP contribution in [0, 0.1) is 0 Å². The Hall–Kier alpha value is -1.97. The lowest BCUT2D eigenvalue weighted by atomic mass is 10.0. The number of hydrogen-bond acceptors (Lipinski definition) is 2. The lowest BCUT2D eigenvalue weighted by Crippen LogP contribution is -2.06. The number of unbranched alkanes of at least 4 members (excludes halogenated alkanes) is 5. The van der Waals surface area contributed by atoms with E-state index in [-0.39, 0.29) is 11.3 Å². The molecule has 0 aliphatic carbocycles. The van der Waals surface area contributed by atoms with E-state index in [1.54, 1.807) is 12.1 Å². The van der Waals surface area contributed by atoms with Gasteiger partial charge in [0.15, 0.2) is 0 Å². The highest BCUT2D eigenvalue weighted by Gasteiger charge is 2.14. The minimum atomic E-state index is -0.0817. The predicted octanol–water partition coefficient (Wildman–Crippen LogP) is 3.98. The number of phenolic OH excluding ortho intramolecular Hbond substituents is 1. The van der Waals surface area contributed by atoms with Gasteiger partial charge in [-0.25, -0.2) is 0 Å². The van der Waals surface area contributed by atoms with E-state index in [0.29, 0.717) is 11.3 Å². The number of phenols is 1. The number of aromatic amines is 2. The summed E-state index contributed by atoms with van der Waals surface area (Å²) in [7, 11) is 0. The predicted molar refractivity (Wildman–Crippen MR) is 85.6 cm³/mol. The van der Waals surface area contributed by atoms with Crippen LogP contribution >= 0.6 is 0 Å². The fourth-order valence-electron chi connectivity index (χ4n) is 2.62. The zero-order valence-corrected chi connectivity index (χ0v) is 12.6. The molecule has 0 fully saturated rings. The van der Waals surface area contributed by atoms with E-state index in [1.807, 2.05) is 12.1 Å². The zero-order valence-electron chi connectivity index (χ0n) is 12.6. The van der Waals surface area contributed by atoms with Crippen molar-refractivity contribution in [1.29, 1.82) is 0 Å². The van der Waals surface area contributed by atoms with Gasteiger partial charge in [0.05, 0.1) is 5.69 Å². The van der Waals surface area contributed by atoms with Crippen LogP contribution in [0.4, 0.5) is 0 Å². The van der Waals surface area contributed by atoms with Gasteiger partial charge in [0.2, 0.25) is 0 Å². The average Bonchev–Trinajstić information content (AvgIpc) is 2.84. The molecule has 4 heteroatoms. The number of H-pyrrole nitrogens is 2. The number of hydrogen-bond donors (Lipinski definition) is 3. The van der Waals surface area contributed by atoms with E-state index in [4.69, 9.17) is 0 Å². The van der Waals surface area contributed by atoms with Gasteiger partial charge in [-0.2, -0.15) is 0 Å². The maximum atomic E-state index is 11.9. The summed E-state index contributed by atoms with van der Waals surface area (Å²) >= 11 is 0. The minimum Gasteiger partial charge on any atom is -0.507 e. The summed E-state index contributed by atoms with van der Waals surface area (Å²) in [5.74, 6) is 0.192. The van der Waals surface area contributed by atoms with Crippen molar-refractivity contribution >= 4 is 0 Å². The van der Waals surface area contributed by atoms with Gasteiger partial charge < -0.3 is 5.11 Å². The van der Waals surface area contributed by atoms with Gasteiger partial charge in [0, 0.05) is 11.1 Å². The van der Waals surface area contributed by atoms with Crippen molar-refractivity contribution in [2.45, 2.75) is 51.9 Å². The minimum absolute atomic E-state index is 0.0817. The van der Waals surface area contributed by atoms with E-state index in [2.05, 4.69) is 17.1 Å². The summed E-state index contributed by atoms with van der Waals surface area (Å²) in [6.45, 7) is 2.21. The van der Waals surface area contributed by atoms with Gasteiger partial charge in [-0.3, -0.25) is 15.0 Å². The van der Waals surface area contributed by atoms with Crippen LogP contribution in [-0.2, 0) is 6.42 Å². The fraction of sp³-hybridized carbons (Fsp3) is 0.471. The quantitative estimate of drug-likeness (QED) is 0.643. The summed E-state index contributed by atoms with van der Waals surface area (Å²) in [5, 5.41) is 15.5. The van der Waals surface area contributed by atoms with Crippen LogP contribution in [0.15, 0.2) is 29.1 Å². The molecule has 0 bridgehead atoms. The Balaban J connectivity index is 2.02. The van der Waals surface area contributed by atoms with Crippen molar-refractivity contribution in [2.75, 3.05) is 0 Å². The van der Waals surface area contributed by atoms with E-state index < -0.39 is 0 Å². The molecule has 0 radical (unpaired) electrons. The summed E-state index contributed by atoms with van der Waals surface area (Å²) < 4.78 is 0. The average molecular weight is 288 g/mol. The molecule has 21 heavy (non-hydrogen) atoms. The molecule has 0 unspecified atom stereocenters. The summed E-state index contributed by atoms with van der Waals surface area (Å²) in [5.41, 5.74) is 2.05. The second kappa shape index (κ2) is 7.72. The Kier molecular flexibility index (Phi) is 5.67.